The molecule has 6 aromatic rings. The highest BCUT2D eigenvalue weighted by atomic mass is 19.1. The second-order valence-corrected chi connectivity index (χ2v) is 15.2. The molecule has 13 heteroatoms. The normalized spacial score (nSPS) is 16.6. The summed E-state index contributed by atoms with van der Waals surface area (Å²) >= 11 is 0. The Bertz CT molecular complexity index is 2390. The van der Waals surface area contributed by atoms with E-state index in [9.17, 15) is 14.0 Å². The number of pyridine rings is 1. The minimum atomic E-state index is -0.386. The van der Waals surface area contributed by atoms with E-state index in [2.05, 4.69) is 70.5 Å². The van der Waals surface area contributed by atoms with Crippen molar-refractivity contribution in [2.75, 3.05) is 50.5 Å². The lowest BCUT2D eigenvalue weighted by Gasteiger charge is -2.36. The molecule has 0 atom stereocenters. The maximum atomic E-state index is 14.3. The summed E-state index contributed by atoms with van der Waals surface area (Å²) in [6, 6.07) is 17.5. The van der Waals surface area contributed by atoms with Gasteiger partial charge in [0.1, 0.15) is 23.0 Å². The molecule has 0 unspecified atom stereocenters. The van der Waals surface area contributed by atoms with E-state index in [1.165, 1.54) is 17.7 Å². The van der Waals surface area contributed by atoms with Crippen LogP contribution >= 0.6 is 0 Å². The number of hydrazine groups is 1. The summed E-state index contributed by atoms with van der Waals surface area (Å²) in [4.78, 5) is 47.2. The molecule has 282 valence electrons. The van der Waals surface area contributed by atoms with E-state index >= 15 is 0 Å². The standard InChI is InChI=1S/C42H45FN10O2/c1-50(2)41(55)35-20-28-24-45-42(49-40(28)53(35)30-6-3-4-7-30)48-37-15-14-31(25-44-37)51-16-18-52(19-17-51)46-23-26-10-12-27(13-11-26)39-32-8-5-9-36(54)33-21-29(43)22-34(47-39)38(32)33/h10-15,20-22,24-25,30,46-47H,3-9,16-19,23H2,1-2H3,(H,44,45,48,49). The Morgan fingerprint density at radius 2 is 1.75 bits per heavy atom. The molecule has 1 saturated heterocycles. The Hall–Kier alpha value is -5.66. The molecule has 55 heavy (non-hydrogen) atoms. The molecule has 3 N–H and O–H groups in total. The van der Waals surface area contributed by atoms with E-state index in [0.717, 1.165) is 104 Å². The van der Waals surface area contributed by atoms with Gasteiger partial charge in [-0.05, 0) is 72.7 Å². The number of hydrogen-bond donors (Lipinski definition) is 3. The van der Waals surface area contributed by atoms with E-state index < -0.39 is 0 Å². The van der Waals surface area contributed by atoms with Crippen molar-refractivity contribution in [3.8, 4) is 11.3 Å². The minimum Gasteiger partial charge on any atom is -0.368 e. The van der Waals surface area contributed by atoms with Crippen LogP contribution in [0.1, 0.15) is 76.5 Å². The van der Waals surface area contributed by atoms with Crippen LogP contribution in [0.2, 0.25) is 0 Å². The topological polar surface area (TPSA) is 127 Å². The van der Waals surface area contributed by atoms with Gasteiger partial charge < -0.3 is 24.7 Å². The maximum absolute atomic E-state index is 14.3. The molecule has 5 heterocycles. The van der Waals surface area contributed by atoms with Crippen molar-refractivity contribution in [3.05, 3.63) is 95.2 Å². The molecule has 9 rings (SSSR count). The molecular weight excluding hydrogens is 696 g/mol. The number of piperazine rings is 1. The SMILES string of the molecule is CN(C)C(=O)c1cc2cnc(Nc3ccc(N4CCN(NCc5ccc(-c6[nH]c7cc(F)cc8c7c6CCCC8=O)cc5)CC4)cn3)nc2n1C1CCCC1. The lowest BCUT2D eigenvalue weighted by atomic mass is 9.99. The predicted octanol–water partition coefficient (Wildman–Crippen LogP) is 7.02. The third-order valence-electron chi connectivity index (χ3n) is 11.4. The second kappa shape index (κ2) is 14.5. The fourth-order valence-electron chi connectivity index (χ4n) is 8.51. The van der Waals surface area contributed by atoms with E-state index in [0.29, 0.717) is 41.5 Å². The quantitative estimate of drug-likeness (QED) is 0.143. The lowest BCUT2D eigenvalue weighted by Crippen LogP contribution is -2.51. The van der Waals surface area contributed by atoms with Gasteiger partial charge in [-0.2, -0.15) is 4.98 Å². The molecule has 0 radical (unpaired) electrons. The molecule has 0 bridgehead atoms. The van der Waals surface area contributed by atoms with Crippen molar-refractivity contribution in [1.82, 2.24) is 39.8 Å². The lowest BCUT2D eigenvalue weighted by molar-refractivity contribution is 0.0815. The summed E-state index contributed by atoms with van der Waals surface area (Å²) in [5, 5.41) is 7.26. The highest BCUT2D eigenvalue weighted by Crippen LogP contribution is 2.38. The number of rotatable bonds is 9. The second-order valence-electron chi connectivity index (χ2n) is 15.2. The van der Waals surface area contributed by atoms with Crippen LogP contribution in [-0.2, 0) is 13.0 Å². The smallest absolute Gasteiger partial charge is 0.270 e. The number of carbonyl (C=O) groups excluding carboxylic acids is 2. The summed E-state index contributed by atoms with van der Waals surface area (Å²) in [6.45, 7) is 4.15. The molecule has 12 nitrogen and oxygen atoms in total. The number of fused-ring (bicyclic) bond motifs is 1. The minimum absolute atomic E-state index is 0.0136. The summed E-state index contributed by atoms with van der Waals surface area (Å²) in [7, 11) is 3.56. The average Bonchev–Trinajstić information content (AvgIpc) is 3.92. The van der Waals surface area contributed by atoms with Gasteiger partial charge in [-0.1, -0.05) is 37.1 Å². The van der Waals surface area contributed by atoms with Gasteiger partial charge in [0.25, 0.3) is 5.91 Å². The van der Waals surface area contributed by atoms with Crippen molar-refractivity contribution >= 4 is 51.1 Å². The fourth-order valence-corrected chi connectivity index (χ4v) is 8.51. The number of nitrogens with one attached hydrogen (secondary N) is 3. The number of halogens is 1. The van der Waals surface area contributed by atoms with Crippen LogP contribution in [0.4, 0.5) is 21.8 Å². The van der Waals surface area contributed by atoms with Crippen molar-refractivity contribution in [3.63, 3.8) is 0 Å². The van der Waals surface area contributed by atoms with Gasteiger partial charge in [-0.3, -0.25) is 15.0 Å². The Morgan fingerprint density at radius 1 is 0.945 bits per heavy atom. The van der Waals surface area contributed by atoms with Crippen molar-refractivity contribution in [2.45, 2.75) is 57.5 Å². The molecule has 3 aliphatic rings. The number of aromatic nitrogens is 5. The molecule has 2 aliphatic carbocycles. The van der Waals surface area contributed by atoms with Crippen molar-refractivity contribution in [1.29, 1.82) is 0 Å². The van der Waals surface area contributed by atoms with Gasteiger partial charge in [0.05, 0.1) is 11.9 Å². The molecule has 1 amide bonds. The first-order valence-corrected chi connectivity index (χ1v) is 19.3. The van der Waals surface area contributed by atoms with Gasteiger partial charge in [-0.15, -0.1) is 0 Å². The van der Waals surface area contributed by atoms with Gasteiger partial charge in [0, 0.05) is 93.0 Å². The molecule has 0 spiro atoms. The number of aryl methyl sites for hydroxylation is 1. The van der Waals surface area contributed by atoms with Crippen LogP contribution < -0.4 is 15.6 Å². The van der Waals surface area contributed by atoms with E-state index in [4.69, 9.17) is 4.98 Å². The highest BCUT2D eigenvalue weighted by molar-refractivity contribution is 6.11. The van der Waals surface area contributed by atoms with Crippen molar-refractivity contribution < 1.29 is 14.0 Å². The number of H-pyrrole nitrogens is 1. The van der Waals surface area contributed by atoms with Gasteiger partial charge in [-0.25, -0.2) is 19.4 Å². The van der Waals surface area contributed by atoms with Gasteiger partial charge in [0.15, 0.2) is 5.78 Å². The van der Waals surface area contributed by atoms with Crippen LogP contribution in [-0.4, -0.2) is 86.4 Å². The third kappa shape index (κ3) is 6.82. The Balaban J connectivity index is 0.805. The predicted molar refractivity (Wildman–Crippen MR) is 212 cm³/mol. The van der Waals surface area contributed by atoms with E-state index in [-0.39, 0.29) is 23.5 Å². The zero-order chi connectivity index (χ0) is 37.6. The van der Waals surface area contributed by atoms with Gasteiger partial charge >= 0.3 is 0 Å². The number of carbonyl (C=O) groups is 2. The van der Waals surface area contributed by atoms with E-state index in [1.807, 2.05) is 18.3 Å². The van der Waals surface area contributed by atoms with Crippen LogP contribution in [0.5, 0.6) is 0 Å². The monoisotopic (exact) mass is 740 g/mol. The first-order chi connectivity index (χ1) is 26.8. The number of nitrogens with zero attached hydrogens (tertiary/aromatic N) is 7. The number of benzene rings is 2. The largest absolute Gasteiger partial charge is 0.368 e. The summed E-state index contributed by atoms with van der Waals surface area (Å²) < 4.78 is 16.5. The Kier molecular flexibility index (Phi) is 9.27. The zero-order valence-corrected chi connectivity index (χ0v) is 31.2. The summed E-state index contributed by atoms with van der Waals surface area (Å²) in [5.41, 5.74) is 11.5. The zero-order valence-electron chi connectivity index (χ0n) is 31.2. The van der Waals surface area contributed by atoms with Crippen LogP contribution in [0, 0.1) is 5.82 Å². The van der Waals surface area contributed by atoms with Crippen molar-refractivity contribution in [2.24, 2.45) is 0 Å². The maximum Gasteiger partial charge on any atom is 0.270 e. The number of Topliss-reactive ketones (excluding diaryl/α,β-unsaturated/α-hetero) is 1. The molecule has 2 aromatic carbocycles. The fraction of sp³-hybridized carbons (Fsp3) is 0.357. The molecular formula is C42H45FN10O2. The number of anilines is 3. The number of ketones is 1. The van der Waals surface area contributed by atoms with Crippen LogP contribution in [0.15, 0.2) is 67.0 Å². The summed E-state index contributed by atoms with van der Waals surface area (Å²) in [5.74, 6) is 0.712. The molecule has 2 fully saturated rings. The van der Waals surface area contributed by atoms with Crippen LogP contribution in [0.3, 0.4) is 0 Å². The van der Waals surface area contributed by atoms with E-state index in [1.54, 1.807) is 25.2 Å². The highest BCUT2D eigenvalue weighted by Gasteiger charge is 2.27. The first-order valence-electron chi connectivity index (χ1n) is 19.3. The third-order valence-corrected chi connectivity index (χ3v) is 11.4. The number of amides is 1. The van der Waals surface area contributed by atoms with Gasteiger partial charge in [0.2, 0.25) is 5.95 Å². The average molecular weight is 741 g/mol. The number of hydrogen-bond acceptors (Lipinski definition) is 9. The summed E-state index contributed by atoms with van der Waals surface area (Å²) in [6.07, 6.45) is 10.0. The molecule has 1 aliphatic heterocycles. The molecule has 1 saturated carbocycles. The molecule has 4 aromatic heterocycles. The van der Waals surface area contributed by atoms with Crippen LogP contribution in [0.25, 0.3) is 33.2 Å². The first kappa shape index (κ1) is 35.1. The Labute approximate surface area is 318 Å². The number of aromatic amines is 1. The Morgan fingerprint density at radius 3 is 2.49 bits per heavy atom.